The molecule has 0 bridgehead atoms. The van der Waals surface area contributed by atoms with Crippen molar-refractivity contribution in [3.8, 4) is 5.69 Å². The Labute approximate surface area is 190 Å². The van der Waals surface area contributed by atoms with E-state index >= 15 is 0 Å². The quantitative estimate of drug-likeness (QED) is 0.216. The second kappa shape index (κ2) is 13.5. The fourth-order valence-corrected chi connectivity index (χ4v) is 2.69. The Morgan fingerprint density at radius 1 is 1.31 bits per heavy atom. The number of imidazole rings is 1. The van der Waals surface area contributed by atoms with E-state index < -0.39 is 0 Å². The summed E-state index contributed by atoms with van der Waals surface area (Å²) < 4.78 is 21.8. The predicted octanol–water partition coefficient (Wildman–Crippen LogP) is 4.06. The number of benzene rings is 1. The molecule has 2 aromatic rings. The van der Waals surface area contributed by atoms with Crippen LogP contribution in [0.1, 0.15) is 38.6 Å². The van der Waals surface area contributed by atoms with Gasteiger partial charge < -0.3 is 19.9 Å². The Morgan fingerprint density at radius 2 is 2.10 bits per heavy atom. The number of nitrogens with zero attached hydrogens (tertiary/aromatic N) is 3. The maximum Gasteiger partial charge on any atom is 0.191 e. The molecule has 0 aliphatic carbocycles. The number of guanidine groups is 1. The summed E-state index contributed by atoms with van der Waals surface area (Å²) in [6, 6.07) is 5.19. The summed E-state index contributed by atoms with van der Waals surface area (Å²) in [5.74, 6) is 1.74. The lowest BCUT2D eigenvalue weighted by molar-refractivity contribution is 0.108. The van der Waals surface area contributed by atoms with E-state index in [1.165, 1.54) is 6.07 Å². The van der Waals surface area contributed by atoms with Crippen molar-refractivity contribution >= 4 is 29.9 Å². The number of rotatable bonds is 10. The van der Waals surface area contributed by atoms with Gasteiger partial charge in [0.25, 0.3) is 0 Å². The first-order valence-electron chi connectivity index (χ1n) is 9.90. The Kier molecular flexibility index (Phi) is 11.8. The molecule has 2 N–H and O–H groups in total. The first-order valence-corrected chi connectivity index (χ1v) is 9.90. The zero-order valence-electron chi connectivity index (χ0n) is 17.7. The van der Waals surface area contributed by atoms with Crippen molar-refractivity contribution in [2.45, 2.75) is 40.7 Å². The van der Waals surface area contributed by atoms with Gasteiger partial charge in [-0.15, -0.1) is 24.0 Å². The molecule has 162 valence electrons. The highest BCUT2D eigenvalue weighted by Gasteiger charge is 2.08. The summed E-state index contributed by atoms with van der Waals surface area (Å²) in [7, 11) is 0. The van der Waals surface area contributed by atoms with Crippen LogP contribution >= 0.6 is 24.0 Å². The molecule has 0 unspecified atom stereocenters. The van der Waals surface area contributed by atoms with Crippen LogP contribution in [0.3, 0.4) is 0 Å². The topological polar surface area (TPSA) is 63.5 Å². The van der Waals surface area contributed by atoms with Gasteiger partial charge in [-0.25, -0.2) is 14.4 Å². The second-order valence-electron chi connectivity index (χ2n) is 7.07. The third kappa shape index (κ3) is 8.69. The van der Waals surface area contributed by atoms with Crippen molar-refractivity contribution in [1.82, 2.24) is 20.2 Å². The molecule has 0 atom stereocenters. The molecule has 0 aliphatic heterocycles. The Bertz CT molecular complexity index is 763. The largest absolute Gasteiger partial charge is 0.381 e. The van der Waals surface area contributed by atoms with Crippen molar-refractivity contribution in [3.63, 3.8) is 0 Å². The zero-order chi connectivity index (χ0) is 20.4. The average molecular weight is 517 g/mol. The fraction of sp³-hybridized carbons (Fsp3) is 0.524. The van der Waals surface area contributed by atoms with Crippen LogP contribution in [0.2, 0.25) is 0 Å². The molecule has 6 nitrogen and oxygen atoms in total. The van der Waals surface area contributed by atoms with Gasteiger partial charge in [0.15, 0.2) is 5.96 Å². The summed E-state index contributed by atoms with van der Waals surface area (Å²) in [5.41, 5.74) is 1.31. The number of halogens is 2. The maximum absolute atomic E-state index is 14.5. The van der Waals surface area contributed by atoms with E-state index in [-0.39, 0.29) is 29.8 Å². The molecule has 0 fully saturated rings. The SMILES string of the molecule is CCNC(=NCc1ccc(-n2ccnc2C)c(F)c1)NCCCOCC(C)C.I. The average Bonchev–Trinajstić information content (AvgIpc) is 3.08. The minimum atomic E-state index is -0.283. The minimum Gasteiger partial charge on any atom is -0.381 e. The number of aliphatic imine (C=N–C) groups is 1. The Hall–Kier alpha value is -1.68. The van der Waals surface area contributed by atoms with Crippen LogP contribution in [-0.4, -0.2) is 41.8 Å². The van der Waals surface area contributed by atoms with Gasteiger partial charge in [0.1, 0.15) is 11.6 Å². The lowest BCUT2D eigenvalue weighted by atomic mass is 10.2. The van der Waals surface area contributed by atoms with E-state index in [4.69, 9.17) is 4.74 Å². The highest BCUT2D eigenvalue weighted by molar-refractivity contribution is 14.0. The van der Waals surface area contributed by atoms with Gasteiger partial charge in [0.05, 0.1) is 12.2 Å². The monoisotopic (exact) mass is 517 g/mol. The highest BCUT2D eigenvalue weighted by Crippen LogP contribution is 2.17. The van der Waals surface area contributed by atoms with E-state index in [0.29, 0.717) is 18.2 Å². The third-order valence-corrected chi connectivity index (χ3v) is 4.07. The van der Waals surface area contributed by atoms with Crippen LogP contribution in [-0.2, 0) is 11.3 Å². The van der Waals surface area contributed by atoms with Crippen LogP contribution in [0.25, 0.3) is 5.69 Å². The first kappa shape index (κ1) is 25.4. The second-order valence-corrected chi connectivity index (χ2v) is 7.07. The zero-order valence-corrected chi connectivity index (χ0v) is 20.1. The highest BCUT2D eigenvalue weighted by atomic mass is 127. The van der Waals surface area contributed by atoms with Crippen molar-refractivity contribution < 1.29 is 9.13 Å². The van der Waals surface area contributed by atoms with E-state index in [9.17, 15) is 4.39 Å². The number of aryl methyl sites for hydroxylation is 1. The third-order valence-electron chi connectivity index (χ3n) is 4.07. The van der Waals surface area contributed by atoms with Crippen molar-refractivity contribution in [2.24, 2.45) is 10.9 Å². The summed E-state index contributed by atoms with van der Waals surface area (Å²) in [6.45, 7) is 11.6. The van der Waals surface area contributed by atoms with Crippen LogP contribution in [0.4, 0.5) is 4.39 Å². The molecule has 0 spiro atoms. The predicted molar refractivity (Wildman–Crippen MR) is 127 cm³/mol. The molecule has 8 heteroatoms. The van der Waals surface area contributed by atoms with Gasteiger partial charge >= 0.3 is 0 Å². The molecule has 29 heavy (non-hydrogen) atoms. The number of ether oxygens (including phenoxy) is 1. The number of hydrogen-bond acceptors (Lipinski definition) is 3. The molecular formula is C21H33FIN5O. The van der Waals surface area contributed by atoms with E-state index in [1.807, 2.05) is 19.9 Å². The molecule has 0 amide bonds. The molecule has 1 heterocycles. The lowest BCUT2D eigenvalue weighted by Gasteiger charge is -2.12. The maximum atomic E-state index is 14.5. The molecule has 1 aromatic carbocycles. The first-order chi connectivity index (χ1) is 13.5. The molecule has 2 rings (SSSR count). The number of aromatic nitrogens is 2. The van der Waals surface area contributed by atoms with E-state index in [1.54, 1.807) is 23.0 Å². The summed E-state index contributed by atoms with van der Waals surface area (Å²) >= 11 is 0. The van der Waals surface area contributed by atoms with Gasteiger partial charge in [-0.3, -0.25) is 0 Å². The standard InChI is InChI=1S/C21H32FN5O.HI/c1-5-23-21(25-9-6-12-28-15-16(2)3)26-14-18-7-8-20(19(22)13-18)27-11-10-24-17(27)4;/h7-8,10-11,13,16H,5-6,9,12,14-15H2,1-4H3,(H2,23,25,26);1H. The lowest BCUT2D eigenvalue weighted by Crippen LogP contribution is -2.38. The number of nitrogens with one attached hydrogen (secondary N) is 2. The number of hydrogen-bond donors (Lipinski definition) is 2. The Morgan fingerprint density at radius 3 is 2.72 bits per heavy atom. The van der Waals surface area contributed by atoms with Gasteiger partial charge in [0, 0.05) is 38.7 Å². The van der Waals surface area contributed by atoms with Crippen LogP contribution < -0.4 is 10.6 Å². The molecule has 0 radical (unpaired) electrons. The smallest absolute Gasteiger partial charge is 0.191 e. The summed E-state index contributed by atoms with van der Waals surface area (Å²) in [4.78, 5) is 8.69. The Balaban J connectivity index is 0.00000420. The van der Waals surface area contributed by atoms with Crippen molar-refractivity contribution in [3.05, 3.63) is 47.8 Å². The van der Waals surface area contributed by atoms with E-state index in [0.717, 1.165) is 50.1 Å². The summed E-state index contributed by atoms with van der Waals surface area (Å²) in [6.07, 6.45) is 4.32. The molecule has 0 saturated carbocycles. The molecule has 1 aromatic heterocycles. The van der Waals surface area contributed by atoms with Gasteiger partial charge in [-0.05, 0) is 43.9 Å². The molecule has 0 aliphatic rings. The fourth-order valence-electron chi connectivity index (χ4n) is 2.69. The summed E-state index contributed by atoms with van der Waals surface area (Å²) in [5, 5.41) is 6.50. The van der Waals surface area contributed by atoms with Crippen LogP contribution in [0.15, 0.2) is 35.6 Å². The van der Waals surface area contributed by atoms with E-state index in [2.05, 4.69) is 34.5 Å². The molecule has 0 saturated heterocycles. The van der Waals surface area contributed by atoms with Gasteiger partial charge in [0.2, 0.25) is 0 Å². The molecular weight excluding hydrogens is 484 g/mol. The van der Waals surface area contributed by atoms with Crippen LogP contribution in [0, 0.1) is 18.7 Å². The normalized spacial score (nSPS) is 11.4. The van der Waals surface area contributed by atoms with Crippen molar-refractivity contribution in [1.29, 1.82) is 0 Å². The van der Waals surface area contributed by atoms with Gasteiger partial charge in [-0.2, -0.15) is 0 Å². The minimum absolute atomic E-state index is 0. The van der Waals surface area contributed by atoms with Gasteiger partial charge in [-0.1, -0.05) is 19.9 Å². The van der Waals surface area contributed by atoms with Crippen LogP contribution in [0.5, 0.6) is 0 Å². The van der Waals surface area contributed by atoms with Crippen molar-refractivity contribution in [2.75, 3.05) is 26.3 Å².